The molecule has 0 aliphatic heterocycles. The first-order valence-electron chi connectivity index (χ1n) is 11.7. The van der Waals surface area contributed by atoms with E-state index < -0.39 is 88.4 Å². The van der Waals surface area contributed by atoms with Crippen molar-refractivity contribution < 1.29 is 39.5 Å². The van der Waals surface area contributed by atoms with Gasteiger partial charge in [-0.05, 0) is 36.6 Å². The molecule has 0 saturated heterocycles. The van der Waals surface area contributed by atoms with Crippen LogP contribution in [0.4, 0.5) is 45.2 Å². The van der Waals surface area contributed by atoms with E-state index in [-0.39, 0.29) is 16.8 Å². The first-order chi connectivity index (χ1) is 19.1. The second-order valence-electron chi connectivity index (χ2n) is 9.11. The van der Waals surface area contributed by atoms with E-state index in [1.807, 2.05) is 0 Å². The Morgan fingerprint density at radius 3 is 2.34 bits per heavy atom. The van der Waals surface area contributed by atoms with Crippen LogP contribution in [0.25, 0.3) is 22.0 Å². The van der Waals surface area contributed by atoms with Gasteiger partial charge in [0, 0.05) is 30.4 Å². The van der Waals surface area contributed by atoms with Gasteiger partial charge < -0.3 is 9.88 Å². The van der Waals surface area contributed by atoms with E-state index >= 15 is 0 Å². The van der Waals surface area contributed by atoms with Crippen LogP contribution in [0.15, 0.2) is 52.4 Å². The third-order valence-electron chi connectivity index (χ3n) is 6.03. The molecule has 41 heavy (non-hydrogen) atoms. The van der Waals surface area contributed by atoms with Gasteiger partial charge in [-0.1, -0.05) is 0 Å². The number of nitrogens with one attached hydrogen (secondary N) is 2. The van der Waals surface area contributed by atoms with Crippen molar-refractivity contribution in [1.82, 2.24) is 19.7 Å². The van der Waals surface area contributed by atoms with Gasteiger partial charge in [0.2, 0.25) is 0 Å². The average Bonchev–Trinajstić information content (AvgIpc) is 2.84. The zero-order chi connectivity index (χ0) is 30.3. The molecule has 0 bridgehead atoms. The number of anilines is 1. The summed E-state index contributed by atoms with van der Waals surface area (Å²) in [6, 6.07) is 2.22. The quantitative estimate of drug-likeness (QED) is 0.270. The Balaban J connectivity index is 1.54. The monoisotopic (exact) mass is 591 g/mol. The summed E-state index contributed by atoms with van der Waals surface area (Å²) in [5.74, 6) is -2.60. The average molecular weight is 591 g/mol. The molecule has 1 aromatic carbocycles. The molecule has 0 amide bonds. The van der Waals surface area contributed by atoms with Crippen molar-refractivity contribution in [2.24, 2.45) is 0 Å². The SMILES string of the molecule is C[C@H](C[C@H](F)Cn1ccc2cc(-c3ncc(C(F)(F)F)cc3F)c(F)cc2c1=O)Nc1cn[nH]c(=O)c1C(F)(F)F. The molecular weight excluding hydrogens is 573 g/mol. The topological polar surface area (TPSA) is 92.7 Å². The van der Waals surface area contributed by atoms with Gasteiger partial charge in [-0.3, -0.25) is 14.6 Å². The molecule has 0 aliphatic rings. The molecule has 4 aromatic rings. The number of H-pyrrole nitrogens is 1. The molecule has 2 N–H and O–H groups in total. The number of hydrogen-bond donors (Lipinski definition) is 2. The lowest BCUT2D eigenvalue weighted by Gasteiger charge is -2.20. The van der Waals surface area contributed by atoms with E-state index in [4.69, 9.17) is 0 Å². The second-order valence-corrected chi connectivity index (χ2v) is 9.11. The van der Waals surface area contributed by atoms with Crippen molar-refractivity contribution in [3.8, 4) is 11.3 Å². The number of alkyl halides is 7. The lowest BCUT2D eigenvalue weighted by Crippen LogP contribution is -2.30. The normalized spacial score (nSPS) is 13.8. The minimum Gasteiger partial charge on any atom is -0.381 e. The largest absolute Gasteiger partial charge is 0.423 e. The van der Waals surface area contributed by atoms with E-state index in [1.165, 1.54) is 13.0 Å². The molecular formula is C25H18F9N5O2. The third kappa shape index (κ3) is 6.36. The first kappa shape index (κ1) is 29.6. The van der Waals surface area contributed by atoms with Crippen molar-refractivity contribution in [1.29, 1.82) is 0 Å². The molecule has 0 spiro atoms. The number of aromatic amines is 1. The predicted octanol–water partition coefficient (Wildman–Crippen LogP) is 5.69. The Hall–Kier alpha value is -4.37. The zero-order valence-electron chi connectivity index (χ0n) is 20.7. The number of halogens is 9. The summed E-state index contributed by atoms with van der Waals surface area (Å²) < 4.78 is 123. The van der Waals surface area contributed by atoms with Crippen LogP contribution in [-0.2, 0) is 18.9 Å². The molecule has 16 heteroatoms. The molecule has 0 unspecified atom stereocenters. The number of hydrogen-bond acceptors (Lipinski definition) is 5. The Kier molecular flexibility index (Phi) is 7.87. The van der Waals surface area contributed by atoms with Gasteiger partial charge in [0.1, 0.15) is 29.1 Å². The van der Waals surface area contributed by atoms with Crippen LogP contribution in [0, 0.1) is 11.6 Å². The number of aromatic nitrogens is 4. The lowest BCUT2D eigenvalue weighted by molar-refractivity contribution is -0.138. The minimum absolute atomic E-state index is 0.0654. The van der Waals surface area contributed by atoms with Gasteiger partial charge >= 0.3 is 12.4 Å². The standard InChI is InChI=1S/C25H18F9N5O2/c1-11(37-19-9-36-38-22(40)20(19)25(32,33)34)4-14(26)10-39-3-2-12-5-16(17(27)7-15(12)23(39)41)21-18(28)6-13(8-35-21)24(29,30)31/h2-3,5-9,11,14H,4,10H2,1H3,(H2,37,38,40)/t11-,14+/m1/s1. The van der Waals surface area contributed by atoms with Gasteiger partial charge in [-0.25, -0.2) is 18.3 Å². The molecule has 2 atom stereocenters. The van der Waals surface area contributed by atoms with E-state index in [0.29, 0.717) is 6.20 Å². The van der Waals surface area contributed by atoms with Gasteiger partial charge in [0.25, 0.3) is 11.1 Å². The predicted molar refractivity (Wildman–Crippen MR) is 129 cm³/mol. The van der Waals surface area contributed by atoms with Crippen LogP contribution >= 0.6 is 0 Å². The molecule has 0 radical (unpaired) electrons. The lowest BCUT2D eigenvalue weighted by atomic mass is 10.0. The molecule has 0 fully saturated rings. The Bertz CT molecular complexity index is 1710. The Morgan fingerprint density at radius 2 is 1.71 bits per heavy atom. The number of fused-ring (bicyclic) bond motifs is 1. The van der Waals surface area contributed by atoms with Crippen molar-refractivity contribution in [3.05, 3.63) is 86.3 Å². The maximum atomic E-state index is 14.9. The van der Waals surface area contributed by atoms with E-state index in [0.717, 1.165) is 29.1 Å². The summed E-state index contributed by atoms with van der Waals surface area (Å²) in [7, 11) is 0. The number of nitrogens with zero attached hydrogens (tertiary/aromatic N) is 3. The highest BCUT2D eigenvalue weighted by atomic mass is 19.4. The zero-order valence-corrected chi connectivity index (χ0v) is 20.7. The molecule has 0 saturated carbocycles. The molecule has 218 valence electrons. The minimum atomic E-state index is -5.00. The van der Waals surface area contributed by atoms with Crippen LogP contribution < -0.4 is 16.4 Å². The fourth-order valence-corrected chi connectivity index (χ4v) is 4.21. The number of pyridine rings is 2. The Morgan fingerprint density at radius 1 is 1.00 bits per heavy atom. The summed E-state index contributed by atoms with van der Waals surface area (Å²) in [6.07, 6.45) is -9.84. The van der Waals surface area contributed by atoms with Crippen molar-refractivity contribution in [3.63, 3.8) is 0 Å². The van der Waals surface area contributed by atoms with Crippen molar-refractivity contribution in [2.45, 2.75) is 44.5 Å². The fraction of sp³-hybridized carbons (Fsp3) is 0.280. The summed E-state index contributed by atoms with van der Waals surface area (Å²) in [6.45, 7) is 0.779. The first-order valence-corrected chi connectivity index (χ1v) is 11.7. The number of benzene rings is 1. The van der Waals surface area contributed by atoms with E-state index in [1.54, 1.807) is 5.10 Å². The highest BCUT2D eigenvalue weighted by Crippen LogP contribution is 2.34. The van der Waals surface area contributed by atoms with E-state index in [9.17, 15) is 49.1 Å². The molecule has 4 rings (SSSR count). The molecule has 7 nitrogen and oxygen atoms in total. The van der Waals surface area contributed by atoms with Crippen LogP contribution in [0.2, 0.25) is 0 Å². The summed E-state index contributed by atoms with van der Waals surface area (Å²) in [4.78, 5) is 27.9. The summed E-state index contributed by atoms with van der Waals surface area (Å²) in [5, 5.41) is 7.19. The van der Waals surface area contributed by atoms with Gasteiger partial charge in [-0.15, -0.1) is 0 Å². The van der Waals surface area contributed by atoms with Crippen LogP contribution in [-0.4, -0.2) is 32.0 Å². The van der Waals surface area contributed by atoms with Crippen LogP contribution in [0.3, 0.4) is 0 Å². The molecule has 0 aliphatic carbocycles. The molecule has 3 aromatic heterocycles. The highest BCUT2D eigenvalue weighted by molar-refractivity contribution is 5.86. The second kappa shape index (κ2) is 10.9. The van der Waals surface area contributed by atoms with Gasteiger partial charge in [0.15, 0.2) is 0 Å². The van der Waals surface area contributed by atoms with Crippen molar-refractivity contribution >= 4 is 16.5 Å². The van der Waals surface area contributed by atoms with Crippen LogP contribution in [0.1, 0.15) is 24.5 Å². The fourth-order valence-electron chi connectivity index (χ4n) is 4.21. The third-order valence-corrected chi connectivity index (χ3v) is 6.03. The molecule has 3 heterocycles. The Labute approximate surface area is 223 Å². The summed E-state index contributed by atoms with van der Waals surface area (Å²) in [5.41, 5.74) is -7.12. The van der Waals surface area contributed by atoms with E-state index in [2.05, 4.69) is 15.4 Å². The van der Waals surface area contributed by atoms with Gasteiger partial charge in [0.05, 0.1) is 29.4 Å². The summed E-state index contributed by atoms with van der Waals surface area (Å²) >= 11 is 0. The highest BCUT2D eigenvalue weighted by Gasteiger charge is 2.37. The maximum Gasteiger partial charge on any atom is 0.423 e. The number of rotatable bonds is 7. The smallest absolute Gasteiger partial charge is 0.381 e. The van der Waals surface area contributed by atoms with Crippen LogP contribution in [0.5, 0.6) is 0 Å². The van der Waals surface area contributed by atoms with Gasteiger partial charge in [-0.2, -0.15) is 31.4 Å². The van der Waals surface area contributed by atoms with Crippen molar-refractivity contribution in [2.75, 3.05) is 5.32 Å². The maximum absolute atomic E-state index is 14.9.